The Balaban J connectivity index is 2.02. The van der Waals surface area contributed by atoms with Gasteiger partial charge >= 0.3 is 0 Å². The van der Waals surface area contributed by atoms with E-state index < -0.39 is 0 Å². The maximum absolute atomic E-state index is 6.28. The van der Waals surface area contributed by atoms with E-state index in [4.69, 9.17) is 4.74 Å². The number of ether oxygens (including phenoxy) is 1. The molecule has 0 atom stereocenters. The summed E-state index contributed by atoms with van der Waals surface area (Å²) in [5, 5.41) is 0. The Morgan fingerprint density at radius 2 is 1.57 bits per heavy atom. The molecule has 0 amide bonds. The molecule has 114 valence electrons. The van der Waals surface area contributed by atoms with Gasteiger partial charge in [0.05, 0.1) is 5.69 Å². The Morgan fingerprint density at radius 3 is 2.39 bits per heavy atom. The largest absolute Gasteiger partial charge is 0.456 e. The summed E-state index contributed by atoms with van der Waals surface area (Å²) in [4.78, 5) is 4.61. The molecule has 2 heteroatoms. The highest BCUT2D eigenvalue weighted by atomic mass is 16.5. The van der Waals surface area contributed by atoms with Gasteiger partial charge in [0.2, 0.25) is 0 Å². The van der Waals surface area contributed by atoms with Crippen molar-refractivity contribution in [1.29, 1.82) is 0 Å². The molecule has 0 aliphatic carbocycles. The minimum atomic E-state index is 0.0853. The summed E-state index contributed by atoms with van der Waals surface area (Å²) in [7, 11) is 0. The number of para-hydroxylation sites is 1. The van der Waals surface area contributed by atoms with Crippen LogP contribution < -0.4 is 4.74 Å². The number of fused-ring (bicyclic) bond motifs is 5. The van der Waals surface area contributed by atoms with Gasteiger partial charge in [0, 0.05) is 22.9 Å². The number of benzene rings is 2. The molecule has 23 heavy (non-hydrogen) atoms. The first-order valence-corrected chi connectivity index (χ1v) is 7.91. The summed E-state index contributed by atoms with van der Waals surface area (Å²) < 4.78 is 6.28. The van der Waals surface area contributed by atoms with Crippen LogP contribution in [0.1, 0.15) is 26.3 Å². The van der Waals surface area contributed by atoms with Crippen molar-refractivity contribution in [3.63, 3.8) is 0 Å². The van der Waals surface area contributed by atoms with E-state index in [-0.39, 0.29) is 5.41 Å². The highest BCUT2D eigenvalue weighted by Crippen LogP contribution is 2.46. The predicted octanol–water partition coefficient (Wildman–Crippen LogP) is 5.82. The minimum absolute atomic E-state index is 0.0853. The van der Waals surface area contributed by atoms with Crippen molar-refractivity contribution in [3.8, 4) is 33.9 Å². The van der Waals surface area contributed by atoms with Gasteiger partial charge in [0.25, 0.3) is 0 Å². The normalized spacial score (nSPS) is 12.5. The van der Waals surface area contributed by atoms with Crippen molar-refractivity contribution >= 4 is 0 Å². The van der Waals surface area contributed by atoms with Crippen molar-refractivity contribution < 1.29 is 4.74 Å². The third kappa shape index (κ3) is 2.31. The fourth-order valence-corrected chi connectivity index (χ4v) is 3.00. The van der Waals surface area contributed by atoms with Crippen LogP contribution in [0.4, 0.5) is 0 Å². The van der Waals surface area contributed by atoms with Crippen molar-refractivity contribution in [2.24, 2.45) is 0 Å². The summed E-state index contributed by atoms with van der Waals surface area (Å²) in [6.07, 6.45) is 1.84. The van der Waals surface area contributed by atoms with E-state index >= 15 is 0 Å². The lowest BCUT2D eigenvalue weighted by Gasteiger charge is -2.21. The maximum atomic E-state index is 6.28. The third-order valence-electron chi connectivity index (χ3n) is 4.31. The third-order valence-corrected chi connectivity index (χ3v) is 4.31. The van der Waals surface area contributed by atoms with Crippen LogP contribution in [0, 0.1) is 0 Å². The van der Waals surface area contributed by atoms with Gasteiger partial charge < -0.3 is 4.74 Å². The molecule has 2 heterocycles. The Labute approximate surface area is 136 Å². The summed E-state index contributed by atoms with van der Waals surface area (Å²) in [5.41, 5.74) is 5.58. The van der Waals surface area contributed by atoms with E-state index in [1.807, 2.05) is 30.5 Å². The molecular weight excluding hydrogens is 282 g/mol. The summed E-state index contributed by atoms with van der Waals surface area (Å²) in [6.45, 7) is 6.65. The zero-order valence-electron chi connectivity index (χ0n) is 13.6. The summed E-state index contributed by atoms with van der Waals surface area (Å²) >= 11 is 0. The Morgan fingerprint density at radius 1 is 0.783 bits per heavy atom. The van der Waals surface area contributed by atoms with Gasteiger partial charge in [-0.15, -0.1) is 0 Å². The molecule has 2 nitrogen and oxygen atoms in total. The zero-order valence-corrected chi connectivity index (χ0v) is 13.6. The second kappa shape index (κ2) is 4.95. The molecule has 4 rings (SSSR count). The van der Waals surface area contributed by atoms with Crippen molar-refractivity contribution in [2.75, 3.05) is 0 Å². The molecule has 0 spiro atoms. The van der Waals surface area contributed by atoms with Gasteiger partial charge in [-0.25, -0.2) is 0 Å². The number of hydrogen-bond donors (Lipinski definition) is 0. The van der Waals surface area contributed by atoms with Gasteiger partial charge in [0.15, 0.2) is 0 Å². The lowest BCUT2D eigenvalue weighted by Crippen LogP contribution is -2.11. The number of hydrogen-bond acceptors (Lipinski definition) is 2. The van der Waals surface area contributed by atoms with Crippen LogP contribution in [0.2, 0.25) is 0 Å². The molecule has 0 saturated carbocycles. The molecule has 0 unspecified atom stereocenters. The topological polar surface area (TPSA) is 22.1 Å². The van der Waals surface area contributed by atoms with Gasteiger partial charge in [-0.2, -0.15) is 0 Å². The van der Waals surface area contributed by atoms with Crippen LogP contribution >= 0.6 is 0 Å². The second-order valence-corrected chi connectivity index (χ2v) is 6.96. The summed E-state index contributed by atoms with van der Waals surface area (Å²) in [5.74, 6) is 1.76. The predicted molar refractivity (Wildman–Crippen MR) is 93.9 cm³/mol. The lowest BCUT2D eigenvalue weighted by molar-refractivity contribution is 0.483. The van der Waals surface area contributed by atoms with E-state index in [9.17, 15) is 0 Å². The van der Waals surface area contributed by atoms with Gasteiger partial charge in [0.1, 0.15) is 11.5 Å². The Bertz CT molecular complexity index is 890. The van der Waals surface area contributed by atoms with Crippen molar-refractivity contribution in [2.45, 2.75) is 26.2 Å². The van der Waals surface area contributed by atoms with E-state index in [0.29, 0.717) is 0 Å². The van der Waals surface area contributed by atoms with Crippen LogP contribution in [-0.4, -0.2) is 4.98 Å². The smallest absolute Gasteiger partial charge is 0.136 e. The first kappa shape index (κ1) is 14.0. The molecule has 0 bridgehead atoms. The number of aromatic nitrogens is 1. The molecule has 0 fully saturated rings. The Kier molecular flexibility index (Phi) is 3.02. The number of nitrogens with zero attached hydrogens (tertiary/aromatic N) is 1. The van der Waals surface area contributed by atoms with E-state index in [0.717, 1.165) is 33.9 Å². The second-order valence-electron chi connectivity index (χ2n) is 6.96. The Hall–Kier alpha value is -2.61. The molecule has 0 N–H and O–H groups in total. The molecular formula is C21H19NO. The molecule has 1 aromatic heterocycles. The molecule has 1 aliphatic rings. The molecule has 0 saturated heterocycles. The fourth-order valence-electron chi connectivity index (χ4n) is 3.00. The zero-order chi connectivity index (χ0) is 16.0. The van der Waals surface area contributed by atoms with E-state index in [1.165, 1.54) is 5.56 Å². The van der Waals surface area contributed by atoms with Crippen molar-refractivity contribution in [1.82, 2.24) is 4.98 Å². The first-order chi connectivity index (χ1) is 11.0. The molecule has 1 aliphatic heterocycles. The quantitative estimate of drug-likeness (QED) is 0.408. The van der Waals surface area contributed by atoms with Crippen LogP contribution in [0.25, 0.3) is 22.4 Å². The van der Waals surface area contributed by atoms with E-state index in [2.05, 4.69) is 56.1 Å². The van der Waals surface area contributed by atoms with Crippen LogP contribution in [0.5, 0.6) is 11.5 Å². The minimum Gasteiger partial charge on any atom is -0.456 e. The fraction of sp³-hybridized carbons (Fsp3) is 0.190. The standard InChI is InChI=1S/C21H19NO/c1-21(2,3)14-10-11-15-16-8-6-12-22-20(16)17-7-4-5-9-18(17)23-19(15)13-14/h4-13H,1-3H3. The highest BCUT2D eigenvalue weighted by molar-refractivity contribution is 5.88. The average molecular weight is 301 g/mol. The highest BCUT2D eigenvalue weighted by Gasteiger charge is 2.23. The number of pyridine rings is 1. The van der Waals surface area contributed by atoms with Gasteiger partial charge in [-0.05, 0) is 35.2 Å². The van der Waals surface area contributed by atoms with Crippen LogP contribution in [0.15, 0.2) is 60.8 Å². The van der Waals surface area contributed by atoms with Crippen LogP contribution in [0.3, 0.4) is 0 Å². The maximum Gasteiger partial charge on any atom is 0.136 e. The lowest BCUT2D eigenvalue weighted by atomic mass is 9.85. The van der Waals surface area contributed by atoms with Gasteiger partial charge in [-0.1, -0.05) is 51.1 Å². The van der Waals surface area contributed by atoms with Gasteiger partial charge in [-0.3, -0.25) is 4.98 Å². The van der Waals surface area contributed by atoms with Crippen LogP contribution in [-0.2, 0) is 5.41 Å². The van der Waals surface area contributed by atoms with Crippen molar-refractivity contribution in [3.05, 3.63) is 66.4 Å². The number of rotatable bonds is 0. The monoisotopic (exact) mass is 301 g/mol. The van der Waals surface area contributed by atoms with E-state index in [1.54, 1.807) is 0 Å². The average Bonchev–Trinajstić information content (AvgIpc) is 2.68. The molecule has 3 aromatic rings. The SMILES string of the molecule is CC(C)(C)c1ccc2c(c1)Oc1ccccc1-c1ncccc1-2. The summed E-state index contributed by atoms with van der Waals surface area (Å²) in [6, 6.07) is 18.7. The molecule has 2 aromatic carbocycles. The molecule has 0 radical (unpaired) electrons. The first-order valence-electron chi connectivity index (χ1n) is 7.91.